The number of carbonyl (C=O) groups is 1. The van der Waals surface area contributed by atoms with Crippen LogP contribution in [0.2, 0.25) is 5.15 Å². The van der Waals surface area contributed by atoms with Crippen molar-refractivity contribution in [2.45, 2.75) is 13.8 Å². The molecule has 0 spiro atoms. The Morgan fingerprint density at radius 3 is 2.74 bits per heavy atom. The smallest absolute Gasteiger partial charge is 0.259 e. The molecule has 0 aliphatic carbocycles. The van der Waals surface area contributed by atoms with E-state index in [0.29, 0.717) is 22.6 Å². The van der Waals surface area contributed by atoms with Gasteiger partial charge in [0, 0.05) is 5.69 Å². The number of aromatic nitrogens is 3. The first-order valence-electron chi connectivity index (χ1n) is 5.50. The molecule has 2 rings (SSSR count). The molecule has 2 aromatic heterocycles. The van der Waals surface area contributed by atoms with Crippen molar-refractivity contribution in [3.05, 3.63) is 40.4 Å². The highest BCUT2D eigenvalue weighted by Gasteiger charge is 2.12. The lowest BCUT2D eigenvalue weighted by Crippen LogP contribution is -2.16. The van der Waals surface area contributed by atoms with E-state index in [0.717, 1.165) is 0 Å². The summed E-state index contributed by atoms with van der Waals surface area (Å²) in [5, 5.41) is 2.84. The zero-order chi connectivity index (χ0) is 14.0. The van der Waals surface area contributed by atoms with Crippen molar-refractivity contribution in [1.82, 2.24) is 15.0 Å². The average Bonchev–Trinajstić information content (AvgIpc) is 2.30. The third kappa shape index (κ3) is 3.17. The Labute approximate surface area is 115 Å². The summed E-state index contributed by atoms with van der Waals surface area (Å²) >= 11 is 5.80. The van der Waals surface area contributed by atoms with Gasteiger partial charge in [-0.05, 0) is 26.0 Å². The van der Waals surface area contributed by atoms with Crippen LogP contribution in [0.4, 0.5) is 11.6 Å². The molecule has 19 heavy (non-hydrogen) atoms. The van der Waals surface area contributed by atoms with Crippen LogP contribution in [-0.2, 0) is 0 Å². The van der Waals surface area contributed by atoms with Crippen molar-refractivity contribution in [1.29, 1.82) is 0 Å². The minimum absolute atomic E-state index is 0.150. The monoisotopic (exact) mass is 277 g/mol. The van der Waals surface area contributed by atoms with Crippen LogP contribution in [0, 0.1) is 13.8 Å². The van der Waals surface area contributed by atoms with Crippen molar-refractivity contribution in [3.63, 3.8) is 0 Å². The van der Waals surface area contributed by atoms with Gasteiger partial charge in [-0.3, -0.25) is 15.1 Å². The molecule has 6 nitrogen and oxygen atoms in total. The van der Waals surface area contributed by atoms with E-state index in [1.165, 1.54) is 6.20 Å². The Bertz CT molecular complexity index is 624. The van der Waals surface area contributed by atoms with E-state index in [-0.39, 0.29) is 17.0 Å². The molecule has 0 aliphatic heterocycles. The first-order valence-corrected chi connectivity index (χ1v) is 5.88. The Morgan fingerprint density at radius 1 is 1.32 bits per heavy atom. The summed E-state index contributed by atoms with van der Waals surface area (Å²) in [4.78, 5) is 24.1. The quantitative estimate of drug-likeness (QED) is 0.819. The zero-order valence-corrected chi connectivity index (χ0v) is 11.2. The molecule has 0 unspecified atom stereocenters. The summed E-state index contributed by atoms with van der Waals surface area (Å²) in [6.45, 7) is 3.48. The SMILES string of the molecule is Cc1cc(Cl)nc(NC(=O)c2cc(N)cnc2C)n1. The van der Waals surface area contributed by atoms with E-state index in [2.05, 4.69) is 20.3 Å². The molecule has 0 aromatic carbocycles. The molecule has 1 amide bonds. The number of rotatable bonds is 2. The minimum Gasteiger partial charge on any atom is -0.397 e. The van der Waals surface area contributed by atoms with E-state index in [1.54, 1.807) is 26.0 Å². The van der Waals surface area contributed by atoms with Crippen molar-refractivity contribution < 1.29 is 4.79 Å². The Morgan fingerprint density at radius 2 is 2.05 bits per heavy atom. The number of nitrogens with one attached hydrogen (secondary N) is 1. The topological polar surface area (TPSA) is 93.8 Å². The molecule has 3 N–H and O–H groups in total. The zero-order valence-electron chi connectivity index (χ0n) is 10.4. The molecule has 0 atom stereocenters. The summed E-state index contributed by atoms with van der Waals surface area (Å²) in [6, 6.07) is 3.15. The fourth-order valence-corrected chi connectivity index (χ4v) is 1.77. The Balaban J connectivity index is 2.28. The van der Waals surface area contributed by atoms with Crippen LogP contribution in [0.1, 0.15) is 21.7 Å². The number of halogens is 1. The maximum Gasteiger partial charge on any atom is 0.259 e. The van der Waals surface area contributed by atoms with Crippen LogP contribution in [0.3, 0.4) is 0 Å². The van der Waals surface area contributed by atoms with Crippen molar-refractivity contribution in [2.24, 2.45) is 0 Å². The molecule has 0 radical (unpaired) electrons. The number of nitrogens with zero attached hydrogens (tertiary/aromatic N) is 3. The predicted molar refractivity (Wildman–Crippen MR) is 73.1 cm³/mol. The minimum atomic E-state index is -0.376. The molecule has 0 aliphatic rings. The van der Waals surface area contributed by atoms with Crippen LogP contribution in [0.5, 0.6) is 0 Å². The van der Waals surface area contributed by atoms with Gasteiger partial charge in [-0.25, -0.2) is 9.97 Å². The number of hydrogen-bond acceptors (Lipinski definition) is 5. The van der Waals surface area contributed by atoms with E-state index in [4.69, 9.17) is 17.3 Å². The maximum absolute atomic E-state index is 12.1. The molecule has 0 fully saturated rings. The molecule has 2 aromatic rings. The van der Waals surface area contributed by atoms with Gasteiger partial charge in [0.1, 0.15) is 5.15 Å². The second-order valence-corrected chi connectivity index (χ2v) is 4.40. The van der Waals surface area contributed by atoms with Gasteiger partial charge in [0.05, 0.1) is 23.1 Å². The first-order chi connectivity index (χ1) is 8.95. The van der Waals surface area contributed by atoms with Crippen LogP contribution in [0.15, 0.2) is 18.3 Å². The van der Waals surface area contributed by atoms with Gasteiger partial charge in [0.25, 0.3) is 5.91 Å². The number of pyridine rings is 1. The Hall–Kier alpha value is -2.21. The third-order valence-corrected chi connectivity index (χ3v) is 2.59. The molecular formula is C12H12ClN5O. The highest BCUT2D eigenvalue weighted by atomic mass is 35.5. The molecule has 7 heteroatoms. The number of anilines is 2. The summed E-state index contributed by atoms with van der Waals surface area (Å²) < 4.78 is 0. The van der Waals surface area contributed by atoms with Gasteiger partial charge in [-0.1, -0.05) is 11.6 Å². The van der Waals surface area contributed by atoms with Gasteiger partial charge >= 0.3 is 0 Å². The Kier molecular flexibility index (Phi) is 3.62. The standard InChI is InChI=1S/C12H12ClN5O/c1-6-3-10(13)17-12(16-6)18-11(19)9-4-8(14)5-15-7(9)2/h3-5H,14H2,1-2H3,(H,16,17,18,19). The van der Waals surface area contributed by atoms with Gasteiger partial charge in [0.2, 0.25) is 5.95 Å². The lowest BCUT2D eigenvalue weighted by molar-refractivity contribution is 0.102. The second kappa shape index (κ2) is 5.19. The molecule has 98 valence electrons. The van der Waals surface area contributed by atoms with Gasteiger partial charge in [-0.2, -0.15) is 0 Å². The maximum atomic E-state index is 12.1. The number of nitrogens with two attached hydrogens (primary N) is 1. The van der Waals surface area contributed by atoms with Crippen molar-refractivity contribution >= 4 is 29.1 Å². The van der Waals surface area contributed by atoms with E-state index < -0.39 is 0 Å². The predicted octanol–water partition coefficient (Wildman–Crippen LogP) is 1.98. The number of hydrogen-bond donors (Lipinski definition) is 2. The number of amides is 1. The average molecular weight is 278 g/mol. The molecule has 2 heterocycles. The second-order valence-electron chi connectivity index (χ2n) is 4.01. The third-order valence-electron chi connectivity index (χ3n) is 2.40. The van der Waals surface area contributed by atoms with Crippen LogP contribution < -0.4 is 11.1 Å². The van der Waals surface area contributed by atoms with Gasteiger partial charge < -0.3 is 5.73 Å². The van der Waals surface area contributed by atoms with Crippen molar-refractivity contribution in [2.75, 3.05) is 11.1 Å². The summed E-state index contributed by atoms with van der Waals surface area (Å²) in [7, 11) is 0. The number of aryl methyl sites for hydroxylation is 2. The summed E-state index contributed by atoms with van der Waals surface area (Å²) in [6.07, 6.45) is 1.49. The lowest BCUT2D eigenvalue weighted by atomic mass is 10.2. The van der Waals surface area contributed by atoms with Gasteiger partial charge in [-0.15, -0.1) is 0 Å². The fraction of sp³-hybridized carbons (Fsp3) is 0.167. The molecule has 0 saturated carbocycles. The largest absolute Gasteiger partial charge is 0.397 e. The number of carbonyl (C=O) groups excluding carboxylic acids is 1. The fourth-order valence-electron chi connectivity index (χ4n) is 1.53. The molecular weight excluding hydrogens is 266 g/mol. The van der Waals surface area contributed by atoms with Gasteiger partial charge in [0.15, 0.2) is 0 Å². The first kappa shape index (κ1) is 13.2. The molecule has 0 saturated heterocycles. The van der Waals surface area contributed by atoms with E-state index in [1.807, 2.05) is 0 Å². The van der Waals surface area contributed by atoms with Crippen LogP contribution >= 0.6 is 11.6 Å². The normalized spacial score (nSPS) is 10.3. The highest BCUT2D eigenvalue weighted by molar-refractivity contribution is 6.29. The highest BCUT2D eigenvalue weighted by Crippen LogP contribution is 2.13. The van der Waals surface area contributed by atoms with E-state index >= 15 is 0 Å². The van der Waals surface area contributed by atoms with Crippen LogP contribution in [0.25, 0.3) is 0 Å². The van der Waals surface area contributed by atoms with Crippen LogP contribution in [-0.4, -0.2) is 20.9 Å². The number of nitrogen functional groups attached to an aromatic ring is 1. The lowest BCUT2D eigenvalue weighted by Gasteiger charge is -2.07. The summed E-state index contributed by atoms with van der Waals surface area (Å²) in [5.41, 5.74) is 7.64. The van der Waals surface area contributed by atoms with Crippen molar-refractivity contribution in [3.8, 4) is 0 Å². The van der Waals surface area contributed by atoms with E-state index in [9.17, 15) is 4.79 Å². The molecule has 0 bridgehead atoms. The summed E-state index contributed by atoms with van der Waals surface area (Å²) in [5.74, 6) is -0.226.